The van der Waals surface area contributed by atoms with Crippen LogP contribution >= 0.6 is 0 Å². The smallest absolute Gasteiger partial charge is 0.179 e. The number of nitrogens with zero attached hydrogens (tertiary/aromatic N) is 2. The fraction of sp³-hybridized carbons (Fsp3) is 0.462. The minimum Gasteiger partial charge on any atom is -0.489 e. The normalized spacial score (nSPS) is 11.3. The summed E-state index contributed by atoms with van der Waals surface area (Å²) < 4.78 is 7.74. The molecule has 0 saturated heterocycles. The molecular formula is C13H19N3O. The number of imidazole rings is 1. The van der Waals surface area contributed by atoms with Crippen molar-refractivity contribution in [2.75, 3.05) is 13.2 Å². The van der Waals surface area contributed by atoms with E-state index >= 15 is 0 Å². The summed E-state index contributed by atoms with van der Waals surface area (Å²) in [5.74, 6) is 1.35. The quantitative estimate of drug-likeness (QED) is 0.857. The van der Waals surface area contributed by atoms with Crippen molar-refractivity contribution >= 4 is 5.65 Å². The van der Waals surface area contributed by atoms with Crippen molar-refractivity contribution in [3.63, 3.8) is 0 Å². The Kier molecular flexibility index (Phi) is 3.64. The second-order valence-corrected chi connectivity index (χ2v) is 4.58. The van der Waals surface area contributed by atoms with Gasteiger partial charge in [-0.15, -0.1) is 0 Å². The Labute approximate surface area is 101 Å². The van der Waals surface area contributed by atoms with Gasteiger partial charge in [-0.25, -0.2) is 4.98 Å². The van der Waals surface area contributed by atoms with Crippen LogP contribution in [0, 0.1) is 5.92 Å². The zero-order valence-electron chi connectivity index (χ0n) is 10.4. The zero-order chi connectivity index (χ0) is 12.3. The molecule has 0 aliphatic carbocycles. The minimum absolute atomic E-state index is 0.508. The predicted molar refractivity (Wildman–Crippen MR) is 68.3 cm³/mol. The van der Waals surface area contributed by atoms with E-state index in [0.717, 1.165) is 23.5 Å². The first kappa shape index (κ1) is 11.9. The van der Waals surface area contributed by atoms with Gasteiger partial charge in [0.15, 0.2) is 11.4 Å². The third kappa shape index (κ3) is 2.77. The molecule has 0 saturated carbocycles. The van der Waals surface area contributed by atoms with Crippen LogP contribution < -0.4 is 10.5 Å². The average Bonchev–Trinajstić information content (AvgIpc) is 2.69. The highest BCUT2D eigenvalue weighted by atomic mass is 16.5. The molecule has 0 atom stereocenters. The number of nitrogens with two attached hydrogens (primary N) is 1. The number of pyridine rings is 1. The first-order valence-electron chi connectivity index (χ1n) is 6.00. The van der Waals surface area contributed by atoms with Crippen LogP contribution in [-0.4, -0.2) is 22.5 Å². The lowest BCUT2D eigenvalue weighted by molar-refractivity contribution is 0.272. The van der Waals surface area contributed by atoms with Crippen LogP contribution in [0.1, 0.15) is 19.5 Å². The van der Waals surface area contributed by atoms with Crippen LogP contribution in [0.25, 0.3) is 5.65 Å². The Morgan fingerprint density at radius 1 is 1.47 bits per heavy atom. The molecule has 2 N–H and O–H groups in total. The summed E-state index contributed by atoms with van der Waals surface area (Å²) in [6, 6.07) is 3.92. The van der Waals surface area contributed by atoms with Crippen LogP contribution in [0.15, 0.2) is 24.5 Å². The van der Waals surface area contributed by atoms with E-state index in [9.17, 15) is 0 Å². The lowest BCUT2D eigenvalue weighted by atomic mass is 10.2. The third-order valence-electron chi connectivity index (χ3n) is 2.47. The number of hydrogen-bond donors (Lipinski definition) is 1. The number of aromatic nitrogens is 2. The zero-order valence-corrected chi connectivity index (χ0v) is 10.4. The van der Waals surface area contributed by atoms with Gasteiger partial charge in [0.1, 0.15) is 0 Å². The Hall–Kier alpha value is -1.55. The van der Waals surface area contributed by atoms with Gasteiger partial charge in [0.05, 0.1) is 12.3 Å². The van der Waals surface area contributed by atoms with Crippen LogP contribution in [0.2, 0.25) is 0 Å². The maximum atomic E-state index is 5.76. The topological polar surface area (TPSA) is 52.5 Å². The van der Waals surface area contributed by atoms with Crippen molar-refractivity contribution in [3.05, 3.63) is 30.2 Å². The number of fused-ring (bicyclic) bond motifs is 1. The van der Waals surface area contributed by atoms with Gasteiger partial charge in [-0.2, -0.15) is 0 Å². The van der Waals surface area contributed by atoms with Gasteiger partial charge >= 0.3 is 0 Å². The number of rotatable bonds is 5. The average molecular weight is 233 g/mol. The van der Waals surface area contributed by atoms with Gasteiger partial charge in [0, 0.05) is 18.8 Å². The molecule has 0 radical (unpaired) electrons. The van der Waals surface area contributed by atoms with E-state index in [1.165, 1.54) is 0 Å². The van der Waals surface area contributed by atoms with E-state index in [1.807, 2.05) is 28.9 Å². The van der Waals surface area contributed by atoms with Crippen LogP contribution in [0.3, 0.4) is 0 Å². The van der Waals surface area contributed by atoms with Gasteiger partial charge < -0.3 is 14.9 Å². The minimum atomic E-state index is 0.508. The van der Waals surface area contributed by atoms with Gasteiger partial charge in [0.2, 0.25) is 0 Å². The molecule has 4 nitrogen and oxygen atoms in total. The Balaban J connectivity index is 2.28. The Morgan fingerprint density at radius 2 is 2.29 bits per heavy atom. The molecule has 0 fully saturated rings. The first-order chi connectivity index (χ1) is 8.20. The summed E-state index contributed by atoms with van der Waals surface area (Å²) in [6.07, 6.45) is 4.78. The molecule has 0 aromatic carbocycles. The van der Waals surface area contributed by atoms with Crippen LogP contribution in [0.5, 0.6) is 5.75 Å². The lowest BCUT2D eigenvalue weighted by Crippen LogP contribution is -2.05. The predicted octanol–water partition coefficient (Wildman–Crippen LogP) is 1.87. The SMILES string of the molecule is CC(C)COc1cccn2cc(CCN)nc12. The van der Waals surface area contributed by atoms with Gasteiger partial charge in [-0.3, -0.25) is 0 Å². The maximum Gasteiger partial charge on any atom is 0.179 e. The van der Waals surface area contributed by atoms with E-state index in [1.54, 1.807) is 0 Å². The molecule has 0 aliphatic heterocycles. The molecule has 2 rings (SSSR count). The summed E-state index contributed by atoms with van der Waals surface area (Å²) in [6.45, 7) is 5.59. The second kappa shape index (κ2) is 5.19. The van der Waals surface area contributed by atoms with Crippen molar-refractivity contribution in [3.8, 4) is 5.75 Å². The van der Waals surface area contributed by atoms with E-state index in [-0.39, 0.29) is 0 Å². The maximum absolute atomic E-state index is 5.76. The highest BCUT2D eigenvalue weighted by Gasteiger charge is 2.07. The molecule has 0 amide bonds. The van der Waals surface area contributed by atoms with E-state index in [2.05, 4.69) is 18.8 Å². The summed E-state index contributed by atoms with van der Waals surface area (Å²) in [4.78, 5) is 4.54. The summed E-state index contributed by atoms with van der Waals surface area (Å²) in [5, 5.41) is 0. The monoisotopic (exact) mass is 233 g/mol. The van der Waals surface area contributed by atoms with Crippen LogP contribution in [0.4, 0.5) is 0 Å². The Bertz CT molecular complexity index is 490. The molecule has 2 heterocycles. The van der Waals surface area contributed by atoms with Gasteiger partial charge in [-0.05, 0) is 24.6 Å². The fourth-order valence-corrected chi connectivity index (χ4v) is 1.68. The van der Waals surface area contributed by atoms with Crippen molar-refractivity contribution in [2.24, 2.45) is 11.7 Å². The molecule has 4 heteroatoms. The Morgan fingerprint density at radius 3 is 3.00 bits per heavy atom. The fourth-order valence-electron chi connectivity index (χ4n) is 1.68. The molecule has 2 aromatic rings. The van der Waals surface area contributed by atoms with Crippen LogP contribution in [-0.2, 0) is 6.42 Å². The standard InChI is InChI=1S/C13H19N3O/c1-10(2)9-17-12-4-3-7-16-8-11(5-6-14)15-13(12)16/h3-4,7-8,10H,5-6,9,14H2,1-2H3. The molecule has 2 aromatic heterocycles. The summed E-state index contributed by atoms with van der Waals surface area (Å²) >= 11 is 0. The summed E-state index contributed by atoms with van der Waals surface area (Å²) in [5.41, 5.74) is 7.42. The third-order valence-corrected chi connectivity index (χ3v) is 2.47. The highest BCUT2D eigenvalue weighted by molar-refractivity contribution is 5.54. The molecule has 0 unspecified atom stereocenters. The molecular weight excluding hydrogens is 214 g/mol. The molecule has 17 heavy (non-hydrogen) atoms. The first-order valence-corrected chi connectivity index (χ1v) is 6.00. The molecule has 0 bridgehead atoms. The van der Waals surface area contributed by atoms with E-state index < -0.39 is 0 Å². The van der Waals surface area contributed by atoms with Crippen molar-refractivity contribution in [1.82, 2.24) is 9.38 Å². The second-order valence-electron chi connectivity index (χ2n) is 4.58. The van der Waals surface area contributed by atoms with Crippen molar-refractivity contribution in [1.29, 1.82) is 0 Å². The van der Waals surface area contributed by atoms with Gasteiger partial charge in [0.25, 0.3) is 0 Å². The highest BCUT2D eigenvalue weighted by Crippen LogP contribution is 2.19. The number of hydrogen-bond acceptors (Lipinski definition) is 3. The van der Waals surface area contributed by atoms with Gasteiger partial charge in [-0.1, -0.05) is 13.8 Å². The van der Waals surface area contributed by atoms with Crippen molar-refractivity contribution < 1.29 is 4.74 Å². The molecule has 0 spiro atoms. The molecule has 0 aliphatic rings. The lowest BCUT2D eigenvalue weighted by Gasteiger charge is -2.08. The largest absolute Gasteiger partial charge is 0.489 e. The molecule has 92 valence electrons. The van der Waals surface area contributed by atoms with E-state index in [4.69, 9.17) is 10.5 Å². The van der Waals surface area contributed by atoms with E-state index in [0.29, 0.717) is 19.1 Å². The summed E-state index contributed by atoms with van der Waals surface area (Å²) in [7, 11) is 0. The number of ether oxygens (including phenoxy) is 1. The van der Waals surface area contributed by atoms with Crippen molar-refractivity contribution in [2.45, 2.75) is 20.3 Å².